The first-order chi connectivity index (χ1) is 11.6. The molecule has 0 radical (unpaired) electrons. The Balaban J connectivity index is 0.000000697. The molecule has 1 aliphatic heterocycles. The summed E-state index contributed by atoms with van der Waals surface area (Å²) in [5.41, 5.74) is 0. The summed E-state index contributed by atoms with van der Waals surface area (Å²) < 4.78 is 31.7. The van der Waals surface area contributed by atoms with Crippen molar-refractivity contribution in [1.29, 1.82) is 0 Å². The third-order valence-corrected chi connectivity index (χ3v) is 4.11. The molecule has 1 aliphatic rings. The Morgan fingerprint density at radius 2 is 1.80 bits per heavy atom. The molecule has 3 atom stereocenters. The van der Waals surface area contributed by atoms with Gasteiger partial charge in [-0.3, -0.25) is 0 Å². The standard InChI is InChI=1S/C14H29NO3.C2HF3O2/c1-2-3-4-5-6-13(17)14(18)10-15-8-7-12(9-15)11-16;3-2(4,5)1(6)7/h12-14,16-18H,2-11H2,1H3;(H,6,7)/t12-,13-,14+;/m0./s1. The highest BCUT2D eigenvalue weighted by molar-refractivity contribution is 5.73. The molecule has 0 amide bonds. The fraction of sp³-hybridized carbons (Fsp3) is 0.938. The molecule has 1 rings (SSSR count). The second kappa shape index (κ2) is 12.5. The molecular weight excluding hydrogens is 343 g/mol. The Morgan fingerprint density at radius 1 is 1.20 bits per heavy atom. The van der Waals surface area contributed by atoms with Crippen molar-refractivity contribution in [2.45, 2.75) is 63.8 Å². The Kier molecular flexibility index (Phi) is 12.0. The number of carboxylic acids is 1. The van der Waals surface area contributed by atoms with E-state index >= 15 is 0 Å². The first kappa shape index (κ1) is 24.1. The van der Waals surface area contributed by atoms with E-state index in [0.29, 0.717) is 18.9 Å². The number of unbranched alkanes of at least 4 members (excludes halogenated alkanes) is 3. The number of aliphatic hydroxyl groups excluding tert-OH is 3. The van der Waals surface area contributed by atoms with Crippen LogP contribution in [0, 0.1) is 5.92 Å². The molecule has 0 unspecified atom stereocenters. The van der Waals surface area contributed by atoms with Gasteiger partial charge in [-0.25, -0.2) is 4.79 Å². The number of nitrogens with zero attached hydrogens (tertiary/aromatic N) is 1. The highest BCUT2D eigenvalue weighted by atomic mass is 19.4. The number of carbonyl (C=O) groups is 1. The third kappa shape index (κ3) is 11.4. The molecule has 1 heterocycles. The molecule has 1 fully saturated rings. The molecule has 0 aliphatic carbocycles. The van der Waals surface area contributed by atoms with Gasteiger partial charge in [-0.05, 0) is 25.3 Å². The van der Waals surface area contributed by atoms with Crippen molar-refractivity contribution < 1.29 is 38.4 Å². The maximum absolute atomic E-state index is 10.6. The first-order valence-corrected chi connectivity index (χ1v) is 8.61. The average molecular weight is 373 g/mol. The quantitative estimate of drug-likeness (QED) is 0.458. The Hall–Kier alpha value is -0.900. The number of carboxylic acid groups (broad SMARTS) is 1. The van der Waals surface area contributed by atoms with Crippen LogP contribution in [0.2, 0.25) is 0 Å². The van der Waals surface area contributed by atoms with Gasteiger partial charge in [0.05, 0.1) is 12.2 Å². The van der Waals surface area contributed by atoms with E-state index in [1.807, 2.05) is 0 Å². The van der Waals surface area contributed by atoms with Crippen LogP contribution in [0.5, 0.6) is 0 Å². The fourth-order valence-electron chi connectivity index (χ4n) is 2.59. The van der Waals surface area contributed by atoms with Crippen molar-refractivity contribution in [3.63, 3.8) is 0 Å². The fourth-order valence-corrected chi connectivity index (χ4v) is 2.59. The minimum atomic E-state index is -5.08. The van der Waals surface area contributed by atoms with Crippen molar-refractivity contribution in [3.8, 4) is 0 Å². The van der Waals surface area contributed by atoms with Crippen molar-refractivity contribution >= 4 is 5.97 Å². The largest absolute Gasteiger partial charge is 0.490 e. The first-order valence-electron chi connectivity index (χ1n) is 8.61. The lowest BCUT2D eigenvalue weighted by Crippen LogP contribution is -2.38. The molecule has 150 valence electrons. The number of rotatable bonds is 9. The smallest absolute Gasteiger partial charge is 0.475 e. The van der Waals surface area contributed by atoms with Gasteiger partial charge < -0.3 is 25.3 Å². The lowest BCUT2D eigenvalue weighted by atomic mass is 10.0. The van der Waals surface area contributed by atoms with Gasteiger partial charge in [0.1, 0.15) is 0 Å². The molecule has 0 bridgehead atoms. The molecule has 0 aromatic carbocycles. The van der Waals surface area contributed by atoms with Crippen LogP contribution in [-0.2, 0) is 4.79 Å². The molecule has 25 heavy (non-hydrogen) atoms. The Morgan fingerprint density at radius 3 is 2.24 bits per heavy atom. The second-order valence-electron chi connectivity index (χ2n) is 6.38. The molecule has 4 N–H and O–H groups in total. The molecular formula is C16H30F3NO5. The van der Waals surface area contributed by atoms with Gasteiger partial charge in [-0.2, -0.15) is 13.2 Å². The van der Waals surface area contributed by atoms with E-state index < -0.39 is 24.4 Å². The summed E-state index contributed by atoms with van der Waals surface area (Å²) in [5.74, 6) is -2.41. The number of hydrogen-bond donors (Lipinski definition) is 4. The number of halogens is 3. The number of β-amino-alcohol motifs (C(OH)–C–C–N with tert-alkyl or cyclic N) is 1. The van der Waals surface area contributed by atoms with E-state index in [0.717, 1.165) is 32.4 Å². The zero-order valence-electron chi connectivity index (χ0n) is 14.6. The second-order valence-corrected chi connectivity index (χ2v) is 6.38. The van der Waals surface area contributed by atoms with E-state index in [2.05, 4.69) is 11.8 Å². The van der Waals surface area contributed by atoms with E-state index in [4.69, 9.17) is 15.0 Å². The van der Waals surface area contributed by atoms with Gasteiger partial charge >= 0.3 is 12.1 Å². The number of alkyl halides is 3. The predicted molar refractivity (Wildman–Crippen MR) is 86.1 cm³/mol. The van der Waals surface area contributed by atoms with Crippen LogP contribution in [0.3, 0.4) is 0 Å². The van der Waals surface area contributed by atoms with Crippen molar-refractivity contribution in [1.82, 2.24) is 4.90 Å². The summed E-state index contributed by atoms with van der Waals surface area (Å²) >= 11 is 0. The van der Waals surface area contributed by atoms with Crippen molar-refractivity contribution in [2.75, 3.05) is 26.2 Å². The summed E-state index contributed by atoms with van der Waals surface area (Å²) in [7, 11) is 0. The van der Waals surface area contributed by atoms with Gasteiger partial charge in [0, 0.05) is 19.7 Å². The molecule has 9 heteroatoms. The SMILES string of the molecule is CCCCCC[C@H](O)[C@H](O)CN1CC[C@H](CO)C1.O=C(O)C(F)(F)F. The average Bonchev–Trinajstić information content (AvgIpc) is 2.98. The summed E-state index contributed by atoms with van der Waals surface area (Å²) in [6.45, 7) is 4.69. The van der Waals surface area contributed by atoms with Crippen LogP contribution >= 0.6 is 0 Å². The Labute approximate surface area is 146 Å². The van der Waals surface area contributed by atoms with Crippen LogP contribution in [0.4, 0.5) is 13.2 Å². The zero-order chi connectivity index (χ0) is 19.5. The van der Waals surface area contributed by atoms with Crippen molar-refractivity contribution in [3.05, 3.63) is 0 Å². The Bertz CT molecular complexity index is 368. The molecule has 0 aromatic rings. The van der Waals surface area contributed by atoms with E-state index in [-0.39, 0.29) is 6.61 Å². The van der Waals surface area contributed by atoms with Gasteiger partial charge in [-0.1, -0.05) is 32.6 Å². The highest BCUT2D eigenvalue weighted by Gasteiger charge is 2.38. The highest BCUT2D eigenvalue weighted by Crippen LogP contribution is 2.17. The monoisotopic (exact) mass is 373 g/mol. The summed E-state index contributed by atoms with van der Waals surface area (Å²) in [6, 6.07) is 0. The van der Waals surface area contributed by atoms with E-state index in [9.17, 15) is 23.4 Å². The van der Waals surface area contributed by atoms with Crippen LogP contribution in [0.1, 0.15) is 45.4 Å². The van der Waals surface area contributed by atoms with Gasteiger partial charge in [0.25, 0.3) is 0 Å². The minimum absolute atomic E-state index is 0.228. The molecule has 1 saturated heterocycles. The van der Waals surface area contributed by atoms with Crippen molar-refractivity contribution in [2.24, 2.45) is 5.92 Å². The van der Waals surface area contributed by atoms with Crippen LogP contribution in [0.15, 0.2) is 0 Å². The predicted octanol–water partition coefficient (Wildman–Crippen LogP) is 1.63. The topological polar surface area (TPSA) is 101 Å². The molecule has 0 saturated carbocycles. The number of aliphatic hydroxyl groups is 3. The van der Waals surface area contributed by atoms with Crippen LogP contribution in [-0.4, -0.2) is 75.9 Å². The van der Waals surface area contributed by atoms with Gasteiger partial charge in [-0.15, -0.1) is 0 Å². The lowest BCUT2D eigenvalue weighted by Gasteiger charge is -2.23. The van der Waals surface area contributed by atoms with E-state index in [1.54, 1.807) is 0 Å². The number of likely N-dealkylation sites (tertiary alicyclic amines) is 1. The number of hydrogen-bond acceptors (Lipinski definition) is 5. The number of aliphatic carboxylic acids is 1. The summed E-state index contributed by atoms with van der Waals surface area (Å²) in [5, 5.41) is 36.0. The maximum Gasteiger partial charge on any atom is 0.490 e. The van der Waals surface area contributed by atoms with Gasteiger partial charge in [0.15, 0.2) is 0 Å². The van der Waals surface area contributed by atoms with E-state index in [1.165, 1.54) is 12.8 Å². The van der Waals surface area contributed by atoms with Crippen LogP contribution < -0.4 is 0 Å². The molecule has 0 spiro atoms. The lowest BCUT2D eigenvalue weighted by molar-refractivity contribution is -0.192. The van der Waals surface area contributed by atoms with Gasteiger partial charge in [0.2, 0.25) is 0 Å². The third-order valence-electron chi connectivity index (χ3n) is 4.11. The summed E-state index contributed by atoms with van der Waals surface area (Å²) in [6.07, 6.45) is -0.128. The molecule has 0 aromatic heterocycles. The molecule has 6 nitrogen and oxygen atoms in total. The normalized spacial score (nSPS) is 20.7. The zero-order valence-corrected chi connectivity index (χ0v) is 14.6. The summed E-state index contributed by atoms with van der Waals surface area (Å²) in [4.78, 5) is 11.0. The minimum Gasteiger partial charge on any atom is -0.475 e. The van der Waals surface area contributed by atoms with Crippen LogP contribution in [0.25, 0.3) is 0 Å². The maximum atomic E-state index is 10.6.